The zero-order chi connectivity index (χ0) is 14.8. The highest BCUT2D eigenvalue weighted by Gasteiger charge is 2.13. The van der Waals surface area contributed by atoms with Gasteiger partial charge in [-0.15, -0.1) is 0 Å². The average Bonchev–Trinajstić information content (AvgIpc) is 2.49. The molecule has 0 aliphatic carbocycles. The van der Waals surface area contributed by atoms with Gasteiger partial charge in [0.1, 0.15) is 11.5 Å². The summed E-state index contributed by atoms with van der Waals surface area (Å²) in [5, 5.41) is 3.51. The van der Waals surface area contributed by atoms with Crippen LogP contribution in [0.4, 0.5) is 0 Å². The number of hydrogen-bond acceptors (Lipinski definition) is 4. The Balaban J connectivity index is 2.78. The summed E-state index contributed by atoms with van der Waals surface area (Å²) >= 11 is 0. The smallest absolute Gasteiger partial charge is 0.122 e. The first kappa shape index (κ1) is 16.8. The van der Waals surface area contributed by atoms with Crippen LogP contribution in [0.5, 0.6) is 11.5 Å². The summed E-state index contributed by atoms with van der Waals surface area (Å²) in [6.45, 7) is 6.65. The number of methoxy groups -OCH3 is 2. The van der Waals surface area contributed by atoms with Crippen molar-refractivity contribution in [3.05, 3.63) is 23.8 Å². The van der Waals surface area contributed by atoms with Crippen LogP contribution in [0.2, 0.25) is 0 Å². The lowest BCUT2D eigenvalue weighted by molar-refractivity contribution is 0.141. The van der Waals surface area contributed by atoms with Gasteiger partial charge < -0.3 is 19.5 Å². The van der Waals surface area contributed by atoms with Crippen LogP contribution >= 0.6 is 0 Å². The topological polar surface area (TPSA) is 39.7 Å². The predicted octanol–water partition coefficient (Wildman–Crippen LogP) is 3.17. The lowest BCUT2D eigenvalue weighted by Crippen LogP contribution is -2.21. The molecular formula is C16H27NO3. The summed E-state index contributed by atoms with van der Waals surface area (Å²) in [7, 11) is 3.35. The van der Waals surface area contributed by atoms with Crippen LogP contribution in [0.25, 0.3) is 0 Å². The van der Waals surface area contributed by atoms with Crippen LogP contribution in [-0.2, 0) is 4.74 Å². The highest BCUT2D eigenvalue weighted by molar-refractivity contribution is 5.39. The molecule has 0 heterocycles. The van der Waals surface area contributed by atoms with Gasteiger partial charge in [-0.3, -0.25) is 0 Å². The van der Waals surface area contributed by atoms with Crippen molar-refractivity contribution >= 4 is 0 Å². The minimum atomic E-state index is 0.296. The van der Waals surface area contributed by atoms with Crippen LogP contribution in [0, 0.1) is 0 Å². The van der Waals surface area contributed by atoms with E-state index >= 15 is 0 Å². The second kappa shape index (κ2) is 9.61. The van der Waals surface area contributed by atoms with E-state index in [9.17, 15) is 0 Å². The van der Waals surface area contributed by atoms with Crippen LogP contribution in [0.15, 0.2) is 18.2 Å². The van der Waals surface area contributed by atoms with E-state index in [1.165, 1.54) is 5.56 Å². The summed E-state index contributed by atoms with van der Waals surface area (Å²) < 4.78 is 16.1. The van der Waals surface area contributed by atoms with Crippen molar-refractivity contribution in [3.8, 4) is 11.5 Å². The van der Waals surface area contributed by atoms with E-state index in [-0.39, 0.29) is 0 Å². The zero-order valence-corrected chi connectivity index (χ0v) is 13.1. The monoisotopic (exact) mass is 281 g/mol. The molecule has 1 aromatic rings. The molecule has 4 nitrogen and oxygen atoms in total. The largest absolute Gasteiger partial charge is 0.497 e. The average molecular weight is 281 g/mol. The normalized spacial score (nSPS) is 12.2. The zero-order valence-electron chi connectivity index (χ0n) is 13.1. The molecule has 0 amide bonds. The number of nitrogens with one attached hydrogen (secondary N) is 1. The van der Waals surface area contributed by atoms with Gasteiger partial charge in [0.05, 0.1) is 14.2 Å². The second-order valence-electron chi connectivity index (χ2n) is 4.60. The van der Waals surface area contributed by atoms with E-state index in [2.05, 4.69) is 24.4 Å². The molecule has 0 bridgehead atoms. The van der Waals surface area contributed by atoms with Gasteiger partial charge in [0, 0.05) is 25.3 Å². The maximum atomic E-state index is 5.41. The van der Waals surface area contributed by atoms with Gasteiger partial charge in [0.15, 0.2) is 0 Å². The van der Waals surface area contributed by atoms with E-state index < -0.39 is 0 Å². The third-order valence-corrected chi connectivity index (χ3v) is 3.21. The fourth-order valence-corrected chi connectivity index (χ4v) is 2.20. The first-order valence-electron chi connectivity index (χ1n) is 7.29. The van der Waals surface area contributed by atoms with Crippen LogP contribution in [0.3, 0.4) is 0 Å². The third kappa shape index (κ3) is 5.39. The van der Waals surface area contributed by atoms with Gasteiger partial charge in [-0.05, 0) is 44.0 Å². The molecule has 0 aliphatic heterocycles. The maximum Gasteiger partial charge on any atom is 0.122 e. The molecule has 0 fully saturated rings. The van der Waals surface area contributed by atoms with E-state index in [1.54, 1.807) is 14.2 Å². The van der Waals surface area contributed by atoms with Crippen molar-refractivity contribution in [1.29, 1.82) is 0 Å². The van der Waals surface area contributed by atoms with E-state index in [0.717, 1.165) is 44.1 Å². The molecule has 4 heteroatoms. The number of benzene rings is 1. The Kier molecular flexibility index (Phi) is 8.07. The molecule has 0 saturated carbocycles. The molecule has 0 spiro atoms. The van der Waals surface area contributed by atoms with Crippen molar-refractivity contribution in [1.82, 2.24) is 5.32 Å². The Morgan fingerprint density at radius 3 is 2.20 bits per heavy atom. The van der Waals surface area contributed by atoms with E-state index in [1.807, 2.05) is 13.0 Å². The van der Waals surface area contributed by atoms with Crippen LogP contribution in [-0.4, -0.2) is 34.0 Å². The first-order chi connectivity index (χ1) is 9.74. The number of hydrogen-bond donors (Lipinski definition) is 1. The molecule has 20 heavy (non-hydrogen) atoms. The maximum absolute atomic E-state index is 5.41. The highest BCUT2D eigenvalue weighted by Crippen LogP contribution is 2.28. The summed E-state index contributed by atoms with van der Waals surface area (Å²) in [5.74, 6) is 1.65. The Hall–Kier alpha value is -1.26. The van der Waals surface area contributed by atoms with Crippen molar-refractivity contribution in [2.24, 2.45) is 0 Å². The van der Waals surface area contributed by atoms with Crippen molar-refractivity contribution in [3.63, 3.8) is 0 Å². The van der Waals surface area contributed by atoms with Gasteiger partial charge in [0.2, 0.25) is 0 Å². The lowest BCUT2D eigenvalue weighted by Gasteiger charge is -2.20. The van der Waals surface area contributed by atoms with Crippen LogP contribution in [0.1, 0.15) is 38.3 Å². The van der Waals surface area contributed by atoms with Crippen LogP contribution < -0.4 is 14.8 Å². The molecule has 114 valence electrons. The Morgan fingerprint density at radius 1 is 1.05 bits per heavy atom. The quantitative estimate of drug-likeness (QED) is 0.669. The Labute approximate surface area is 122 Å². The minimum Gasteiger partial charge on any atom is -0.497 e. The van der Waals surface area contributed by atoms with E-state index in [0.29, 0.717) is 6.04 Å². The molecule has 0 radical (unpaired) electrons. The SMILES string of the molecule is CCNC(CCCOCC)c1cc(OC)cc(OC)c1. The Morgan fingerprint density at radius 2 is 1.70 bits per heavy atom. The number of rotatable bonds is 10. The van der Waals surface area contributed by atoms with Gasteiger partial charge >= 0.3 is 0 Å². The molecule has 0 aromatic heterocycles. The number of ether oxygens (including phenoxy) is 3. The molecule has 1 atom stereocenters. The standard InChI is InChI=1S/C16H27NO3/c1-5-17-16(8-7-9-20-6-2)13-10-14(18-3)12-15(11-13)19-4/h10-12,16-17H,5-9H2,1-4H3. The molecule has 1 N–H and O–H groups in total. The van der Waals surface area contributed by atoms with Crippen molar-refractivity contribution < 1.29 is 14.2 Å². The molecule has 1 rings (SSSR count). The third-order valence-electron chi connectivity index (χ3n) is 3.21. The van der Waals surface area contributed by atoms with Crippen molar-refractivity contribution in [2.45, 2.75) is 32.7 Å². The molecular weight excluding hydrogens is 254 g/mol. The lowest BCUT2D eigenvalue weighted by atomic mass is 10.0. The summed E-state index contributed by atoms with van der Waals surface area (Å²) in [6.07, 6.45) is 2.06. The van der Waals surface area contributed by atoms with Gasteiger partial charge in [-0.25, -0.2) is 0 Å². The second-order valence-corrected chi connectivity index (χ2v) is 4.60. The van der Waals surface area contributed by atoms with Gasteiger partial charge in [-0.2, -0.15) is 0 Å². The fraction of sp³-hybridized carbons (Fsp3) is 0.625. The first-order valence-corrected chi connectivity index (χ1v) is 7.29. The highest BCUT2D eigenvalue weighted by atomic mass is 16.5. The molecule has 1 aromatic carbocycles. The Bertz CT molecular complexity index is 360. The van der Waals surface area contributed by atoms with E-state index in [4.69, 9.17) is 14.2 Å². The summed E-state index contributed by atoms with van der Waals surface area (Å²) in [4.78, 5) is 0. The fourth-order valence-electron chi connectivity index (χ4n) is 2.20. The van der Waals surface area contributed by atoms with Crippen molar-refractivity contribution in [2.75, 3.05) is 34.0 Å². The molecule has 0 saturated heterocycles. The predicted molar refractivity (Wildman–Crippen MR) is 81.7 cm³/mol. The summed E-state index contributed by atoms with van der Waals surface area (Å²) in [6, 6.07) is 6.32. The molecule has 1 unspecified atom stereocenters. The minimum absolute atomic E-state index is 0.296. The molecule has 0 aliphatic rings. The van der Waals surface area contributed by atoms with Gasteiger partial charge in [-0.1, -0.05) is 6.92 Å². The van der Waals surface area contributed by atoms with Gasteiger partial charge in [0.25, 0.3) is 0 Å². The summed E-state index contributed by atoms with van der Waals surface area (Å²) in [5.41, 5.74) is 1.19.